The zero-order chi connectivity index (χ0) is 20.1. The number of rotatable bonds is 7. The number of methoxy groups -OCH3 is 1. The number of amides is 1. The molecule has 28 heavy (non-hydrogen) atoms. The molecule has 0 aliphatic carbocycles. The Morgan fingerprint density at radius 3 is 2.79 bits per heavy atom. The Kier molecular flexibility index (Phi) is 6.79. The van der Waals surface area contributed by atoms with Gasteiger partial charge in [-0.15, -0.1) is 10.2 Å². The number of hydrogen-bond acceptors (Lipinski definition) is 7. The van der Waals surface area contributed by atoms with Gasteiger partial charge in [-0.1, -0.05) is 17.8 Å². The lowest BCUT2D eigenvalue weighted by Crippen LogP contribution is -2.38. The lowest BCUT2D eigenvalue weighted by Gasteiger charge is -2.27. The van der Waals surface area contributed by atoms with Crippen molar-refractivity contribution in [1.29, 1.82) is 0 Å². The van der Waals surface area contributed by atoms with Crippen LogP contribution in [-0.2, 0) is 16.1 Å². The average molecular weight is 406 g/mol. The molecule has 2 aromatic rings. The van der Waals surface area contributed by atoms with Gasteiger partial charge in [0, 0.05) is 19.6 Å². The smallest absolute Gasteiger partial charge is 0.237 e. The van der Waals surface area contributed by atoms with Gasteiger partial charge in [0.1, 0.15) is 5.75 Å². The van der Waals surface area contributed by atoms with E-state index in [1.54, 1.807) is 7.11 Å². The zero-order valence-corrected chi connectivity index (χ0v) is 17.6. The third-order valence-electron chi connectivity index (χ3n) is 4.57. The molecule has 1 N–H and O–H groups in total. The van der Waals surface area contributed by atoms with Gasteiger partial charge in [0.2, 0.25) is 11.9 Å². The molecule has 0 saturated carbocycles. The van der Waals surface area contributed by atoms with E-state index in [-0.39, 0.29) is 11.2 Å². The number of carbonyl (C=O) groups excluding carboxylic acids is 1. The van der Waals surface area contributed by atoms with Crippen LogP contribution in [0.15, 0.2) is 23.4 Å². The molecule has 9 heteroatoms. The van der Waals surface area contributed by atoms with Crippen molar-refractivity contribution in [2.45, 2.75) is 37.7 Å². The molecule has 152 valence electrons. The second-order valence-electron chi connectivity index (χ2n) is 6.58. The minimum Gasteiger partial charge on any atom is -0.495 e. The first-order valence-electron chi connectivity index (χ1n) is 9.41. The number of hydrogen-bond donors (Lipinski definition) is 1. The highest BCUT2D eigenvalue weighted by atomic mass is 32.2. The molecule has 8 nitrogen and oxygen atoms in total. The minimum atomic E-state index is -0.336. The number of ether oxygens (including phenoxy) is 2. The summed E-state index contributed by atoms with van der Waals surface area (Å²) in [6.07, 6.45) is 0. The summed E-state index contributed by atoms with van der Waals surface area (Å²) in [5.74, 6) is 1.37. The van der Waals surface area contributed by atoms with Crippen molar-refractivity contribution in [1.82, 2.24) is 14.8 Å². The van der Waals surface area contributed by atoms with Gasteiger partial charge in [-0.2, -0.15) is 0 Å². The van der Waals surface area contributed by atoms with Crippen molar-refractivity contribution >= 4 is 29.3 Å². The molecule has 1 saturated heterocycles. The zero-order valence-electron chi connectivity index (χ0n) is 16.8. The number of nitrogens with zero attached hydrogens (tertiary/aromatic N) is 4. The van der Waals surface area contributed by atoms with Crippen LogP contribution in [-0.4, -0.2) is 59.3 Å². The number of benzene rings is 1. The number of thioether (sulfide) groups is 1. The van der Waals surface area contributed by atoms with Gasteiger partial charge >= 0.3 is 0 Å². The van der Waals surface area contributed by atoms with Crippen LogP contribution in [0, 0.1) is 6.92 Å². The fourth-order valence-corrected chi connectivity index (χ4v) is 3.92. The van der Waals surface area contributed by atoms with E-state index in [0.29, 0.717) is 24.7 Å². The summed E-state index contributed by atoms with van der Waals surface area (Å²) in [6, 6.07) is 5.70. The number of aryl methyl sites for hydroxylation is 1. The number of nitrogens with one attached hydrogen (secondary N) is 1. The monoisotopic (exact) mass is 405 g/mol. The van der Waals surface area contributed by atoms with E-state index >= 15 is 0 Å². The maximum atomic E-state index is 12.7. The predicted molar refractivity (Wildman–Crippen MR) is 110 cm³/mol. The van der Waals surface area contributed by atoms with Crippen molar-refractivity contribution in [3.05, 3.63) is 23.8 Å². The van der Waals surface area contributed by atoms with Gasteiger partial charge < -0.3 is 19.7 Å². The first-order chi connectivity index (χ1) is 13.5. The molecule has 1 aromatic heterocycles. The Labute approximate surface area is 169 Å². The molecule has 1 amide bonds. The summed E-state index contributed by atoms with van der Waals surface area (Å²) < 4.78 is 12.8. The highest BCUT2D eigenvalue weighted by molar-refractivity contribution is 8.00. The molecule has 3 rings (SSSR count). The van der Waals surface area contributed by atoms with Gasteiger partial charge in [0.05, 0.1) is 31.3 Å². The van der Waals surface area contributed by atoms with Gasteiger partial charge in [0.15, 0.2) is 5.16 Å². The predicted octanol–water partition coefficient (Wildman–Crippen LogP) is 2.57. The van der Waals surface area contributed by atoms with Gasteiger partial charge in [-0.05, 0) is 38.5 Å². The largest absolute Gasteiger partial charge is 0.495 e. The topological polar surface area (TPSA) is 81.5 Å². The molecule has 1 fully saturated rings. The molecule has 1 atom stereocenters. The van der Waals surface area contributed by atoms with Crippen LogP contribution in [0.1, 0.15) is 19.4 Å². The Bertz CT molecular complexity index is 820. The summed E-state index contributed by atoms with van der Waals surface area (Å²) in [4.78, 5) is 14.9. The Balaban J connectivity index is 1.70. The Morgan fingerprint density at radius 2 is 2.11 bits per heavy atom. The van der Waals surface area contributed by atoms with E-state index < -0.39 is 0 Å². The van der Waals surface area contributed by atoms with Crippen LogP contribution in [0.5, 0.6) is 5.75 Å². The lowest BCUT2D eigenvalue weighted by molar-refractivity contribution is -0.115. The van der Waals surface area contributed by atoms with E-state index in [2.05, 4.69) is 27.3 Å². The fraction of sp³-hybridized carbons (Fsp3) is 0.526. The maximum Gasteiger partial charge on any atom is 0.237 e. The van der Waals surface area contributed by atoms with E-state index in [1.807, 2.05) is 36.6 Å². The van der Waals surface area contributed by atoms with Crippen molar-refractivity contribution in [3.63, 3.8) is 0 Å². The second kappa shape index (κ2) is 9.29. The Hall–Kier alpha value is -2.26. The van der Waals surface area contributed by atoms with Crippen LogP contribution in [0.25, 0.3) is 0 Å². The Morgan fingerprint density at radius 1 is 1.36 bits per heavy atom. The number of anilines is 2. The van der Waals surface area contributed by atoms with Crippen molar-refractivity contribution < 1.29 is 14.3 Å². The minimum absolute atomic E-state index is 0.104. The van der Waals surface area contributed by atoms with Crippen LogP contribution >= 0.6 is 11.8 Å². The summed E-state index contributed by atoms with van der Waals surface area (Å²) in [5, 5.41) is 12.0. The summed E-state index contributed by atoms with van der Waals surface area (Å²) >= 11 is 1.40. The normalized spacial score (nSPS) is 15.4. The second-order valence-corrected chi connectivity index (χ2v) is 7.89. The highest BCUT2D eigenvalue weighted by Crippen LogP contribution is 2.29. The molecule has 0 radical (unpaired) electrons. The molecule has 0 bridgehead atoms. The molecule has 0 spiro atoms. The summed E-state index contributed by atoms with van der Waals surface area (Å²) in [7, 11) is 1.59. The van der Waals surface area contributed by atoms with E-state index in [4.69, 9.17) is 9.47 Å². The average Bonchev–Trinajstić information content (AvgIpc) is 3.11. The van der Waals surface area contributed by atoms with Gasteiger partial charge in [-0.3, -0.25) is 9.36 Å². The molecule has 1 aliphatic heterocycles. The molecule has 1 aromatic carbocycles. The number of morpholine rings is 1. The van der Waals surface area contributed by atoms with Crippen LogP contribution < -0.4 is 15.0 Å². The SMILES string of the molecule is CCn1c(S[C@H](C)C(=O)Nc2cc(C)ccc2OC)nnc1N1CCOCC1. The van der Waals surface area contributed by atoms with Crippen LogP contribution in [0.2, 0.25) is 0 Å². The third kappa shape index (κ3) is 4.59. The van der Waals surface area contributed by atoms with Crippen molar-refractivity contribution in [2.75, 3.05) is 43.6 Å². The summed E-state index contributed by atoms with van der Waals surface area (Å²) in [5.41, 5.74) is 1.73. The lowest BCUT2D eigenvalue weighted by atomic mass is 10.2. The molecular weight excluding hydrogens is 378 g/mol. The first kappa shape index (κ1) is 20.5. The molecular formula is C19H27N5O3S. The van der Waals surface area contributed by atoms with E-state index in [9.17, 15) is 4.79 Å². The third-order valence-corrected chi connectivity index (χ3v) is 5.65. The number of aromatic nitrogens is 3. The first-order valence-corrected chi connectivity index (χ1v) is 10.3. The standard InChI is InChI=1S/C19H27N5O3S/c1-5-24-18(23-8-10-27-11-9-23)21-22-19(24)28-14(3)17(25)20-15-12-13(2)6-7-16(15)26-4/h6-7,12,14H,5,8-11H2,1-4H3,(H,20,25)/t14-/m1/s1. The summed E-state index contributed by atoms with van der Waals surface area (Å²) in [6.45, 7) is 9.61. The molecule has 1 aliphatic rings. The van der Waals surface area contributed by atoms with E-state index in [1.165, 1.54) is 11.8 Å². The quantitative estimate of drug-likeness (QED) is 0.709. The molecule has 0 unspecified atom stereocenters. The fourth-order valence-electron chi connectivity index (χ4n) is 3.01. The number of carbonyl (C=O) groups is 1. The van der Waals surface area contributed by atoms with Gasteiger partial charge in [-0.25, -0.2) is 0 Å². The van der Waals surface area contributed by atoms with Crippen molar-refractivity contribution in [3.8, 4) is 5.75 Å². The van der Waals surface area contributed by atoms with Crippen LogP contribution in [0.4, 0.5) is 11.6 Å². The highest BCUT2D eigenvalue weighted by Gasteiger charge is 2.23. The molecule has 2 heterocycles. The van der Waals surface area contributed by atoms with E-state index in [0.717, 1.165) is 36.3 Å². The maximum absolute atomic E-state index is 12.7. The van der Waals surface area contributed by atoms with Gasteiger partial charge in [0.25, 0.3) is 0 Å². The van der Waals surface area contributed by atoms with Crippen molar-refractivity contribution in [2.24, 2.45) is 0 Å². The van der Waals surface area contributed by atoms with Crippen LogP contribution in [0.3, 0.4) is 0 Å².